The Kier molecular flexibility index (Phi) is 17.4. The van der Waals surface area contributed by atoms with E-state index in [1.807, 2.05) is 4.90 Å². The van der Waals surface area contributed by atoms with Crippen LogP contribution in [0.15, 0.2) is 0 Å². The minimum atomic E-state index is 0. The van der Waals surface area contributed by atoms with Crippen LogP contribution in [0.25, 0.3) is 0 Å². The zero-order chi connectivity index (χ0) is 11.8. The zero-order valence-electron chi connectivity index (χ0n) is 11.7. The molecule has 1 radical (unpaired) electrons. The van der Waals surface area contributed by atoms with Gasteiger partial charge < -0.3 is 22.0 Å². The molecule has 23 heavy (non-hydrogen) atoms. The summed E-state index contributed by atoms with van der Waals surface area (Å²) >= 11 is 0. The van der Waals surface area contributed by atoms with Crippen LogP contribution in [0.3, 0.4) is 0 Å². The Labute approximate surface area is 170 Å². The maximum Gasteiger partial charge on any atom is 0.227 e. The molecule has 2 aliphatic rings. The number of hydrogen-bond donors (Lipinski definition) is 0. The van der Waals surface area contributed by atoms with E-state index >= 15 is 0 Å². The third-order valence-corrected chi connectivity index (χ3v) is 3.41. The van der Waals surface area contributed by atoms with Crippen molar-refractivity contribution < 1.29 is 37.4 Å². The SMILES string of the molecule is C.C.C.C.[CH2-]N1CCc2c(C)nc(N3CCOCC3)nc21.[CH3-].[Y]. The van der Waals surface area contributed by atoms with Gasteiger partial charge in [0, 0.05) is 57.1 Å². The van der Waals surface area contributed by atoms with E-state index in [-0.39, 0.29) is 69.8 Å². The normalized spacial score (nSPS) is 14.5. The fourth-order valence-corrected chi connectivity index (χ4v) is 2.38. The van der Waals surface area contributed by atoms with Crippen LogP contribution in [0.4, 0.5) is 11.8 Å². The Morgan fingerprint density at radius 1 is 1.00 bits per heavy atom. The van der Waals surface area contributed by atoms with Gasteiger partial charge in [-0.05, 0) is 19.9 Å². The Morgan fingerprint density at radius 2 is 1.57 bits per heavy atom. The molecule has 3 heterocycles. The quantitative estimate of drug-likeness (QED) is 0.671. The fourth-order valence-electron chi connectivity index (χ4n) is 2.38. The van der Waals surface area contributed by atoms with E-state index in [9.17, 15) is 0 Å². The minimum Gasteiger partial charge on any atom is -0.509 e. The molecule has 0 unspecified atom stereocenters. The number of rotatable bonds is 1. The van der Waals surface area contributed by atoms with Gasteiger partial charge >= 0.3 is 0 Å². The number of nitrogens with zero attached hydrogens (tertiary/aromatic N) is 4. The first kappa shape index (κ1) is 30.6. The first-order valence-corrected chi connectivity index (χ1v) is 6.04. The fraction of sp³-hybridized carbons (Fsp3) is 0.647. The van der Waals surface area contributed by atoms with Gasteiger partial charge in [-0.15, -0.1) is 0 Å². The van der Waals surface area contributed by atoms with Crippen LogP contribution in [-0.4, -0.2) is 42.8 Å². The maximum atomic E-state index is 5.35. The molecule has 6 heteroatoms. The molecule has 0 aliphatic carbocycles. The first-order chi connectivity index (χ1) is 8.25. The third kappa shape index (κ3) is 6.28. The molecule has 0 N–H and O–H groups in total. The van der Waals surface area contributed by atoms with Crippen molar-refractivity contribution in [3.05, 3.63) is 25.7 Å². The van der Waals surface area contributed by atoms with Crippen molar-refractivity contribution in [3.8, 4) is 0 Å². The number of aryl methyl sites for hydroxylation is 1. The molecule has 0 bridgehead atoms. The van der Waals surface area contributed by atoms with Gasteiger partial charge in [-0.1, -0.05) is 29.7 Å². The van der Waals surface area contributed by atoms with Crippen LogP contribution in [0.5, 0.6) is 0 Å². The van der Waals surface area contributed by atoms with Crippen molar-refractivity contribution in [1.82, 2.24) is 9.97 Å². The van der Waals surface area contributed by atoms with Gasteiger partial charge in [0.05, 0.1) is 13.2 Å². The van der Waals surface area contributed by atoms with Crippen LogP contribution < -0.4 is 9.80 Å². The number of anilines is 2. The van der Waals surface area contributed by atoms with Crippen molar-refractivity contribution in [3.63, 3.8) is 0 Å². The molecule has 1 aromatic rings. The Hall–Kier alpha value is -0.256. The van der Waals surface area contributed by atoms with E-state index in [2.05, 4.69) is 28.8 Å². The number of ether oxygens (including phenoxy) is 1. The van der Waals surface area contributed by atoms with Gasteiger partial charge in [-0.3, -0.25) is 7.05 Å². The molecule has 1 saturated heterocycles. The summed E-state index contributed by atoms with van der Waals surface area (Å²) in [5.74, 6) is 1.82. The molecule has 1 fully saturated rings. The van der Waals surface area contributed by atoms with Gasteiger partial charge in [-0.2, -0.15) is 4.98 Å². The molecule has 1 aromatic heterocycles. The summed E-state index contributed by atoms with van der Waals surface area (Å²) in [5, 5.41) is 0. The van der Waals surface area contributed by atoms with E-state index in [0.29, 0.717) is 0 Å². The predicted molar refractivity (Wildman–Crippen MR) is 99.5 cm³/mol. The van der Waals surface area contributed by atoms with E-state index in [1.54, 1.807) is 0 Å². The molecule has 2 aliphatic heterocycles. The number of aromatic nitrogens is 2. The van der Waals surface area contributed by atoms with Crippen molar-refractivity contribution in [1.29, 1.82) is 0 Å². The molecule has 0 spiro atoms. The summed E-state index contributed by atoms with van der Waals surface area (Å²) in [5.41, 5.74) is 2.33. The minimum absolute atomic E-state index is 0. The molecule has 0 atom stereocenters. The van der Waals surface area contributed by atoms with Crippen LogP contribution in [0.1, 0.15) is 41.0 Å². The van der Waals surface area contributed by atoms with Crippen LogP contribution >= 0.6 is 0 Å². The van der Waals surface area contributed by atoms with Gasteiger partial charge in [0.15, 0.2) is 0 Å². The Balaban J connectivity index is -0.000000301. The first-order valence-electron chi connectivity index (χ1n) is 6.04. The van der Waals surface area contributed by atoms with Crippen molar-refractivity contribution in [2.45, 2.75) is 43.1 Å². The van der Waals surface area contributed by atoms with E-state index in [1.165, 1.54) is 5.56 Å². The van der Waals surface area contributed by atoms with E-state index < -0.39 is 0 Å². The van der Waals surface area contributed by atoms with Crippen molar-refractivity contribution in [2.24, 2.45) is 0 Å². The predicted octanol–water partition coefficient (Wildman–Crippen LogP) is 3.77. The second-order valence-corrected chi connectivity index (χ2v) is 4.52. The molecule has 0 aromatic carbocycles. The van der Waals surface area contributed by atoms with Crippen LogP contribution in [0.2, 0.25) is 0 Å². The second kappa shape index (κ2) is 13.1. The van der Waals surface area contributed by atoms with Crippen LogP contribution in [-0.2, 0) is 43.9 Å². The van der Waals surface area contributed by atoms with Gasteiger partial charge in [-0.25, -0.2) is 4.98 Å². The molecule has 0 saturated carbocycles. The van der Waals surface area contributed by atoms with Gasteiger partial charge in [0.2, 0.25) is 5.95 Å². The average Bonchev–Trinajstić information content (AvgIpc) is 2.73. The monoisotopic (exact) mass is 401 g/mol. The number of hydrogen-bond acceptors (Lipinski definition) is 5. The molecule has 135 valence electrons. The molecular weight excluding hydrogens is 365 g/mol. The summed E-state index contributed by atoms with van der Waals surface area (Å²) in [7, 11) is 4.01. The number of fused-ring (bicyclic) bond motifs is 1. The molecular formula is C17H36N4OY-2. The average molecular weight is 401 g/mol. The van der Waals surface area contributed by atoms with E-state index in [4.69, 9.17) is 4.74 Å². The Bertz CT molecular complexity index is 437. The largest absolute Gasteiger partial charge is 0.509 e. The Morgan fingerprint density at radius 3 is 2.13 bits per heavy atom. The molecule has 3 rings (SSSR count). The summed E-state index contributed by atoms with van der Waals surface area (Å²) in [6.45, 7) is 6.26. The number of morpholine rings is 1. The summed E-state index contributed by atoms with van der Waals surface area (Å²) in [6, 6.07) is 0. The summed E-state index contributed by atoms with van der Waals surface area (Å²) in [4.78, 5) is 13.4. The molecule has 0 amide bonds. The van der Waals surface area contributed by atoms with Crippen molar-refractivity contribution in [2.75, 3.05) is 42.6 Å². The second-order valence-electron chi connectivity index (χ2n) is 4.52. The van der Waals surface area contributed by atoms with Gasteiger partial charge in [0.25, 0.3) is 0 Å². The maximum absolute atomic E-state index is 5.35. The standard InChI is InChI=1S/C12H17N4O.4CH4.CH3.Y/c1-9-10-3-4-15(2)11(10)14-12(13-9)16-5-7-17-8-6-16;;;;;;/h2-8H2,1H3;4*1H4;1H3;/q-1;;;;;-1;. The topological polar surface area (TPSA) is 41.5 Å². The van der Waals surface area contributed by atoms with Gasteiger partial charge in [0.1, 0.15) is 5.82 Å². The third-order valence-electron chi connectivity index (χ3n) is 3.41. The summed E-state index contributed by atoms with van der Waals surface area (Å²) < 4.78 is 5.35. The molecule has 5 nitrogen and oxygen atoms in total. The van der Waals surface area contributed by atoms with Crippen molar-refractivity contribution >= 4 is 11.8 Å². The zero-order valence-corrected chi connectivity index (χ0v) is 14.6. The van der Waals surface area contributed by atoms with E-state index in [0.717, 1.165) is 56.7 Å². The summed E-state index contributed by atoms with van der Waals surface area (Å²) in [6.07, 6.45) is 1.01. The van der Waals surface area contributed by atoms with Crippen LogP contribution in [0, 0.1) is 21.4 Å². The smallest absolute Gasteiger partial charge is 0.227 e.